The highest BCUT2D eigenvalue weighted by Crippen LogP contribution is 2.21. The van der Waals surface area contributed by atoms with Crippen molar-refractivity contribution in [1.82, 2.24) is 24.9 Å². The van der Waals surface area contributed by atoms with E-state index in [-0.39, 0.29) is 5.91 Å². The van der Waals surface area contributed by atoms with Crippen molar-refractivity contribution < 1.29 is 9.53 Å². The van der Waals surface area contributed by atoms with Crippen LogP contribution in [0.5, 0.6) is 0 Å². The normalized spacial score (nSPS) is 19.3. The molecule has 0 aliphatic carbocycles. The Kier molecular flexibility index (Phi) is 5.43. The largest absolute Gasteiger partial charge is 0.379 e. The van der Waals surface area contributed by atoms with Gasteiger partial charge in [0, 0.05) is 68.9 Å². The Labute approximate surface area is 160 Å². The molecule has 1 aromatic carbocycles. The van der Waals surface area contributed by atoms with Crippen LogP contribution in [0.4, 0.5) is 0 Å². The van der Waals surface area contributed by atoms with Crippen LogP contribution in [0.2, 0.25) is 0 Å². The number of amides is 1. The SMILES string of the molecule is Cc1cc2nn(CC3CN(C)C3)cc2cc1C(=O)NCCN1CCOCC1. The zero-order chi connectivity index (χ0) is 18.8. The molecular weight excluding hydrogens is 342 g/mol. The Morgan fingerprint density at radius 2 is 2.07 bits per heavy atom. The fourth-order valence-electron chi connectivity index (χ4n) is 4.02. The Morgan fingerprint density at radius 1 is 1.30 bits per heavy atom. The summed E-state index contributed by atoms with van der Waals surface area (Å²) in [5.41, 5.74) is 2.68. The standard InChI is InChI=1S/C20H29N5O2/c1-15-9-19-17(14-25(22-19)13-16-11-23(2)12-16)10-18(15)20(26)21-3-4-24-5-7-27-8-6-24/h9-10,14,16H,3-8,11-13H2,1-2H3,(H,21,26). The van der Waals surface area contributed by atoms with E-state index in [2.05, 4.69) is 28.4 Å². The van der Waals surface area contributed by atoms with Gasteiger partial charge in [-0.05, 0) is 31.7 Å². The number of nitrogens with one attached hydrogen (secondary N) is 1. The summed E-state index contributed by atoms with van der Waals surface area (Å²) < 4.78 is 7.39. The summed E-state index contributed by atoms with van der Waals surface area (Å²) in [6.45, 7) is 10.2. The first-order valence-corrected chi connectivity index (χ1v) is 9.83. The number of aryl methyl sites for hydroxylation is 1. The Morgan fingerprint density at radius 3 is 2.81 bits per heavy atom. The van der Waals surface area contributed by atoms with Gasteiger partial charge in [-0.15, -0.1) is 0 Å². The highest BCUT2D eigenvalue weighted by Gasteiger charge is 2.24. The molecule has 3 heterocycles. The number of hydrogen-bond donors (Lipinski definition) is 1. The molecule has 4 rings (SSSR count). The molecule has 0 bridgehead atoms. The number of ether oxygens (including phenoxy) is 1. The van der Waals surface area contributed by atoms with Gasteiger partial charge in [0.25, 0.3) is 5.91 Å². The maximum Gasteiger partial charge on any atom is 0.251 e. The van der Waals surface area contributed by atoms with Crippen molar-refractivity contribution >= 4 is 16.8 Å². The van der Waals surface area contributed by atoms with Crippen molar-refractivity contribution in [3.8, 4) is 0 Å². The summed E-state index contributed by atoms with van der Waals surface area (Å²) in [6.07, 6.45) is 2.07. The van der Waals surface area contributed by atoms with E-state index in [1.165, 1.54) is 0 Å². The van der Waals surface area contributed by atoms with E-state index in [0.29, 0.717) is 12.5 Å². The van der Waals surface area contributed by atoms with Crippen LogP contribution in [-0.2, 0) is 11.3 Å². The van der Waals surface area contributed by atoms with Gasteiger partial charge in [0.15, 0.2) is 0 Å². The fourth-order valence-corrected chi connectivity index (χ4v) is 4.02. The van der Waals surface area contributed by atoms with Crippen LogP contribution in [-0.4, -0.2) is 85.0 Å². The van der Waals surface area contributed by atoms with E-state index in [1.54, 1.807) is 0 Å². The molecule has 27 heavy (non-hydrogen) atoms. The molecule has 2 aromatic rings. The number of aromatic nitrogens is 2. The maximum atomic E-state index is 12.6. The van der Waals surface area contributed by atoms with E-state index in [9.17, 15) is 4.79 Å². The van der Waals surface area contributed by atoms with Crippen LogP contribution in [0, 0.1) is 12.8 Å². The summed E-state index contributed by atoms with van der Waals surface area (Å²) in [7, 11) is 2.14. The maximum absolute atomic E-state index is 12.6. The first-order chi connectivity index (χ1) is 13.1. The van der Waals surface area contributed by atoms with Crippen LogP contribution in [0.1, 0.15) is 15.9 Å². The molecule has 146 valence electrons. The molecule has 1 amide bonds. The second-order valence-corrected chi connectivity index (χ2v) is 7.87. The average molecular weight is 371 g/mol. The predicted octanol–water partition coefficient (Wildman–Crippen LogP) is 0.968. The van der Waals surface area contributed by atoms with Gasteiger partial charge in [0.2, 0.25) is 0 Å². The smallest absolute Gasteiger partial charge is 0.251 e. The zero-order valence-corrected chi connectivity index (χ0v) is 16.3. The molecule has 1 N–H and O–H groups in total. The molecule has 0 atom stereocenters. The third kappa shape index (κ3) is 4.31. The lowest BCUT2D eigenvalue weighted by molar-refractivity contribution is 0.0383. The summed E-state index contributed by atoms with van der Waals surface area (Å²) >= 11 is 0. The highest BCUT2D eigenvalue weighted by atomic mass is 16.5. The van der Waals surface area contributed by atoms with Gasteiger partial charge in [-0.3, -0.25) is 14.4 Å². The number of morpholine rings is 1. The van der Waals surface area contributed by atoms with Crippen LogP contribution >= 0.6 is 0 Å². The van der Waals surface area contributed by atoms with E-state index in [4.69, 9.17) is 9.84 Å². The quantitative estimate of drug-likeness (QED) is 0.820. The minimum Gasteiger partial charge on any atom is -0.379 e. The lowest BCUT2D eigenvalue weighted by Crippen LogP contribution is -2.45. The van der Waals surface area contributed by atoms with Crippen molar-refractivity contribution in [3.63, 3.8) is 0 Å². The lowest BCUT2D eigenvalue weighted by Gasteiger charge is -2.35. The van der Waals surface area contributed by atoms with Crippen LogP contribution in [0.15, 0.2) is 18.3 Å². The molecule has 0 unspecified atom stereocenters. The summed E-state index contributed by atoms with van der Waals surface area (Å²) in [5, 5.41) is 8.79. The second kappa shape index (κ2) is 7.96. The third-order valence-corrected chi connectivity index (χ3v) is 5.54. The Balaban J connectivity index is 1.38. The molecule has 0 saturated carbocycles. The molecule has 2 aliphatic heterocycles. The lowest BCUT2D eigenvalue weighted by atomic mass is 10.0. The van der Waals surface area contributed by atoms with Gasteiger partial charge in [-0.25, -0.2) is 0 Å². The molecule has 0 radical (unpaired) electrons. The van der Waals surface area contributed by atoms with E-state index < -0.39 is 0 Å². The second-order valence-electron chi connectivity index (χ2n) is 7.87. The van der Waals surface area contributed by atoms with Gasteiger partial charge in [0.1, 0.15) is 0 Å². The molecule has 7 heteroatoms. The number of likely N-dealkylation sites (tertiary alicyclic amines) is 1. The molecular formula is C20H29N5O2. The number of hydrogen-bond acceptors (Lipinski definition) is 5. The molecule has 2 fully saturated rings. The van der Waals surface area contributed by atoms with Crippen molar-refractivity contribution in [2.24, 2.45) is 5.92 Å². The first kappa shape index (κ1) is 18.4. The molecule has 2 saturated heterocycles. The number of benzene rings is 1. The zero-order valence-electron chi connectivity index (χ0n) is 16.3. The Hall–Kier alpha value is -1.96. The fraction of sp³-hybridized carbons (Fsp3) is 0.600. The van der Waals surface area contributed by atoms with Gasteiger partial charge < -0.3 is 15.0 Å². The molecule has 1 aromatic heterocycles. The van der Waals surface area contributed by atoms with Crippen LogP contribution in [0.25, 0.3) is 10.9 Å². The van der Waals surface area contributed by atoms with Gasteiger partial charge in [-0.2, -0.15) is 5.10 Å². The number of carbonyl (C=O) groups is 1. The molecule has 2 aliphatic rings. The number of nitrogens with zero attached hydrogens (tertiary/aromatic N) is 4. The van der Waals surface area contributed by atoms with Crippen LogP contribution < -0.4 is 5.32 Å². The first-order valence-electron chi connectivity index (χ1n) is 9.83. The number of carbonyl (C=O) groups excluding carboxylic acids is 1. The van der Waals surface area contributed by atoms with Crippen molar-refractivity contribution in [1.29, 1.82) is 0 Å². The Bertz CT molecular complexity index is 806. The average Bonchev–Trinajstić information content (AvgIpc) is 3.01. The summed E-state index contributed by atoms with van der Waals surface area (Å²) in [6, 6.07) is 4.00. The van der Waals surface area contributed by atoms with Crippen molar-refractivity contribution in [2.45, 2.75) is 13.5 Å². The van der Waals surface area contributed by atoms with Crippen LogP contribution in [0.3, 0.4) is 0 Å². The van der Waals surface area contributed by atoms with Gasteiger partial charge in [0.05, 0.1) is 18.7 Å². The van der Waals surface area contributed by atoms with E-state index in [0.717, 1.165) is 74.5 Å². The summed E-state index contributed by atoms with van der Waals surface area (Å²) in [4.78, 5) is 17.3. The molecule has 7 nitrogen and oxygen atoms in total. The van der Waals surface area contributed by atoms with Gasteiger partial charge in [-0.1, -0.05) is 0 Å². The topological polar surface area (TPSA) is 62.6 Å². The number of fused-ring (bicyclic) bond motifs is 1. The predicted molar refractivity (Wildman–Crippen MR) is 105 cm³/mol. The minimum absolute atomic E-state index is 0.00368. The third-order valence-electron chi connectivity index (χ3n) is 5.54. The van der Waals surface area contributed by atoms with Crippen molar-refractivity contribution in [2.75, 3.05) is 59.5 Å². The number of rotatable bonds is 6. The summed E-state index contributed by atoms with van der Waals surface area (Å²) in [5.74, 6) is 0.671. The van der Waals surface area contributed by atoms with E-state index in [1.807, 2.05) is 23.7 Å². The monoisotopic (exact) mass is 371 g/mol. The van der Waals surface area contributed by atoms with E-state index >= 15 is 0 Å². The highest BCUT2D eigenvalue weighted by molar-refractivity contribution is 5.99. The molecule has 0 spiro atoms. The minimum atomic E-state index is -0.00368. The van der Waals surface area contributed by atoms with Gasteiger partial charge >= 0.3 is 0 Å². The van der Waals surface area contributed by atoms with Crippen molar-refractivity contribution in [3.05, 3.63) is 29.5 Å².